The molecule has 0 amide bonds. The maximum atomic E-state index is 4.97. The molecular formula is C74H88. The quantitative estimate of drug-likeness (QED) is 0.231. The van der Waals surface area contributed by atoms with Crippen LogP contribution in [0.5, 0.6) is 0 Å². The fourth-order valence-electron chi connectivity index (χ4n) is 16.4. The molecule has 3 aromatic rings. The third kappa shape index (κ3) is 6.45. The maximum absolute atomic E-state index is 4.97. The van der Waals surface area contributed by atoms with Crippen LogP contribution in [0.3, 0.4) is 0 Å². The topological polar surface area (TPSA) is 0 Å². The Labute approximate surface area is 449 Å². The van der Waals surface area contributed by atoms with Gasteiger partial charge in [0.2, 0.25) is 0 Å². The summed E-state index contributed by atoms with van der Waals surface area (Å²) < 4.78 is 0. The van der Waals surface area contributed by atoms with Crippen LogP contribution in [0.25, 0.3) is 0 Å². The number of allylic oxidation sites excluding steroid dienone is 22. The highest BCUT2D eigenvalue weighted by atomic mass is 14.6. The third-order valence-corrected chi connectivity index (χ3v) is 22.8. The monoisotopic (exact) mass is 977 g/mol. The molecule has 10 rings (SSSR count). The summed E-state index contributed by atoms with van der Waals surface area (Å²) in [6.45, 7) is 70.3. The Morgan fingerprint density at radius 2 is 0.554 bits per heavy atom. The molecule has 5 unspecified atom stereocenters. The van der Waals surface area contributed by atoms with Crippen molar-refractivity contribution in [1.82, 2.24) is 0 Å². The van der Waals surface area contributed by atoms with E-state index in [0.717, 1.165) is 12.8 Å². The van der Waals surface area contributed by atoms with Gasteiger partial charge in [-0.15, -0.1) is 0 Å². The number of hydrogen-bond donors (Lipinski definition) is 0. The summed E-state index contributed by atoms with van der Waals surface area (Å²) in [5.74, 6) is 0.895. The van der Waals surface area contributed by atoms with Crippen molar-refractivity contribution < 1.29 is 0 Å². The van der Waals surface area contributed by atoms with Gasteiger partial charge in [-0.2, -0.15) is 0 Å². The molecule has 0 aliphatic heterocycles. The van der Waals surface area contributed by atoms with E-state index < -0.39 is 0 Å². The molecule has 0 nitrogen and oxygen atoms in total. The largest absolute Gasteiger partial charge is 0.0946 e. The third-order valence-electron chi connectivity index (χ3n) is 22.8. The first-order valence-electron chi connectivity index (χ1n) is 28.3. The molecule has 0 saturated heterocycles. The lowest BCUT2D eigenvalue weighted by Crippen LogP contribution is -2.17. The summed E-state index contributed by atoms with van der Waals surface area (Å²) in [7, 11) is 0. The van der Waals surface area contributed by atoms with E-state index in [-0.39, 0.29) is 29.6 Å². The Morgan fingerprint density at radius 1 is 0.270 bits per heavy atom. The zero-order valence-electron chi connectivity index (χ0n) is 50.7. The predicted octanol–water partition coefficient (Wildman–Crippen LogP) is 20.3. The standard InChI is InChI=1S/C74H88/c1-30-28-57(41(12)31(30)2)63-50(21)52(23)68-64(51(22)53(24)67(63)68)58-29-59(43(14)42(58)13)65-56(27)70-72(62-48(19)39(10)34(5)40(11)49(62)20)69-55(26)54(25)66(60-44(15)35(6)32(3)36(7)45(60)16)73(69)74(70)71(65)61-46(17)37(8)33(4)38(9)47(61)18/h50-51,66,71-72H,23-24,28-29H2,1-22,25-27H3. The minimum atomic E-state index is 0.0891. The van der Waals surface area contributed by atoms with E-state index in [9.17, 15) is 0 Å². The van der Waals surface area contributed by atoms with Crippen molar-refractivity contribution in [3.05, 3.63) is 236 Å². The van der Waals surface area contributed by atoms with Gasteiger partial charge in [0.15, 0.2) is 0 Å². The van der Waals surface area contributed by atoms with Gasteiger partial charge in [0.05, 0.1) is 0 Å². The van der Waals surface area contributed by atoms with Crippen molar-refractivity contribution in [2.75, 3.05) is 0 Å². The summed E-state index contributed by atoms with van der Waals surface area (Å²) in [4.78, 5) is 0. The molecule has 0 spiro atoms. The number of fused-ring (bicyclic) bond motifs is 2. The van der Waals surface area contributed by atoms with E-state index in [4.69, 9.17) is 13.2 Å². The summed E-state index contributed by atoms with van der Waals surface area (Å²) in [5, 5.41) is 0. The molecule has 3 aromatic carbocycles. The molecule has 0 bridgehead atoms. The molecule has 7 aliphatic carbocycles. The van der Waals surface area contributed by atoms with Gasteiger partial charge in [0, 0.05) is 29.6 Å². The van der Waals surface area contributed by atoms with Gasteiger partial charge in [-0.25, -0.2) is 0 Å². The molecule has 0 fully saturated rings. The molecule has 5 atom stereocenters. The number of hydrogen-bond acceptors (Lipinski definition) is 0. The first-order chi connectivity index (χ1) is 34.6. The van der Waals surface area contributed by atoms with Crippen molar-refractivity contribution in [2.45, 2.75) is 204 Å². The molecule has 0 radical (unpaired) electrons. The zero-order chi connectivity index (χ0) is 54.4. The van der Waals surface area contributed by atoms with Gasteiger partial charge < -0.3 is 0 Å². The Bertz CT molecular complexity index is 3550. The molecule has 384 valence electrons. The first kappa shape index (κ1) is 52.0. The molecular weight excluding hydrogens is 889 g/mol. The SMILES string of the molecule is C=C1C2=C(C3=C(C)C(C)=C(C4=C(C)C5=C(C6=C(C(C)=C(C)C6c6c(C)c(C)c(C)c(C)c6C)C5c5c(C)c(C)c(C)c(C)c5C)C4c4c(C)c(C)c(C)c(C)c4C)C3)C(C)C(=C)C2=C(C2=C(C)C(C)=C(C)C2)C1C. The fraction of sp³-hybridized carbons (Fsp3) is 0.432. The van der Waals surface area contributed by atoms with Gasteiger partial charge in [0.1, 0.15) is 0 Å². The van der Waals surface area contributed by atoms with Crippen LogP contribution < -0.4 is 0 Å². The van der Waals surface area contributed by atoms with Crippen LogP contribution in [0, 0.1) is 116 Å². The van der Waals surface area contributed by atoms with Crippen molar-refractivity contribution >= 4 is 0 Å². The molecule has 0 saturated carbocycles. The van der Waals surface area contributed by atoms with Crippen LogP contribution in [-0.2, 0) is 0 Å². The van der Waals surface area contributed by atoms with E-state index in [1.807, 2.05) is 0 Å². The van der Waals surface area contributed by atoms with E-state index in [0.29, 0.717) is 0 Å². The second kappa shape index (κ2) is 17.3. The Hall–Kier alpha value is -5.46. The fourth-order valence-corrected chi connectivity index (χ4v) is 16.4. The van der Waals surface area contributed by atoms with Crippen LogP contribution >= 0.6 is 0 Å². The average Bonchev–Trinajstić information content (AvgIpc) is 4.18. The maximum Gasteiger partial charge on any atom is 0.0357 e. The van der Waals surface area contributed by atoms with Crippen LogP contribution in [0.4, 0.5) is 0 Å². The van der Waals surface area contributed by atoms with Gasteiger partial charge in [-0.05, 0) is 384 Å². The zero-order valence-corrected chi connectivity index (χ0v) is 50.7. The van der Waals surface area contributed by atoms with Crippen LogP contribution in [0.15, 0.2) is 136 Å². The second-order valence-electron chi connectivity index (χ2n) is 25.1. The molecule has 74 heavy (non-hydrogen) atoms. The lowest BCUT2D eigenvalue weighted by atomic mass is 9.71. The molecule has 7 aliphatic rings. The highest BCUT2D eigenvalue weighted by Crippen LogP contribution is 2.69. The normalized spacial score (nSPS) is 24.1. The van der Waals surface area contributed by atoms with Crippen molar-refractivity contribution in [1.29, 1.82) is 0 Å². The van der Waals surface area contributed by atoms with Crippen LogP contribution in [0.1, 0.15) is 200 Å². The number of rotatable bonds is 6. The molecule has 0 N–H and O–H groups in total. The van der Waals surface area contributed by atoms with Crippen molar-refractivity contribution in [3.8, 4) is 0 Å². The Kier molecular flexibility index (Phi) is 12.1. The summed E-state index contributed by atoms with van der Waals surface area (Å²) in [5.41, 5.74) is 59.2. The van der Waals surface area contributed by atoms with Crippen LogP contribution in [0.2, 0.25) is 0 Å². The Balaban J connectivity index is 1.27. The Morgan fingerprint density at radius 3 is 0.919 bits per heavy atom. The van der Waals surface area contributed by atoms with E-state index >= 15 is 0 Å². The van der Waals surface area contributed by atoms with Crippen molar-refractivity contribution in [2.24, 2.45) is 11.8 Å². The van der Waals surface area contributed by atoms with Gasteiger partial charge in [-0.1, -0.05) is 38.2 Å². The van der Waals surface area contributed by atoms with Crippen molar-refractivity contribution in [3.63, 3.8) is 0 Å². The first-order valence-corrected chi connectivity index (χ1v) is 28.3. The minimum Gasteiger partial charge on any atom is -0.0946 e. The molecule has 0 heteroatoms. The molecule has 0 heterocycles. The van der Waals surface area contributed by atoms with E-state index in [2.05, 4.69) is 173 Å². The van der Waals surface area contributed by atoms with E-state index in [1.54, 1.807) is 39.0 Å². The smallest absolute Gasteiger partial charge is 0.0357 e. The van der Waals surface area contributed by atoms with Crippen LogP contribution in [-0.4, -0.2) is 0 Å². The highest BCUT2D eigenvalue weighted by Gasteiger charge is 2.53. The van der Waals surface area contributed by atoms with Gasteiger partial charge in [0.25, 0.3) is 0 Å². The highest BCUT2D eigenvalue weighted by molar-refractivity contribution is 5.86. The lowest BCUT2D eigenvalue weighted by Gasteiger charge is -2.32. The second-order valence-corrected chi connectivity index (χ2v) is 25.1. The average molecular weight is 978 g/mol. The minimum absolute atomic E-state index is 0.0891. The molecule has 0 aromatic heterocycles. The predicted molar refractivity (Wildman–Crippen MR) is 320 cm³/mol. The van der Waals surface area contributed by atoms with Gasteiger partial charge >= 0.3 is 0 Å². The van der Waals surface area contributed by atoms with Gasteiger partial charge in [-0.3, -0.25) is 0 Å². The number of benzene rings is 3. The lowest BCUT2D eigenvalue weighted by molar-refractivity contribution is 0.801. The summed E-state index contributed by atoms with van der Waals surface area (Å²) >= 11 is 0. The summed E-state index contributed by atoms with van der Waals surface area (Å²) in [6.07, 6.45) is 1.96. The summed E-state index contributed by atoms with van der Waals surface area (Å²) in [6, 6.07) is 0. The van der Waals surface area contributed by atoms with E-state index in [1.165, 1.54) is 184 Å².